The summed E-state index contributed by atoms with van der Waals surface area (Å²) in [5.74, 6) is 1.76. The predicted molar refractivity (Wildman–Crippen MR) is 116 cm³/mol. The van der Waals surface area contributed by atoms with E-state index in [9.17, 15) is 9.59 Å². The number of rotatable bonds is 4. The van der Waals surface area contributed by atoms with Gasteiger partial charge in [-0.15, -0.1) is 0 Å². The highest BCUT2D eigenvalue weighted by Crippen LogP contribution is 2.42. The Kier molecular flexibility index (Phi) is 5.84. The van der Waals surface area contributed by atoms with Crippen LogP contribution in [-0.4, -0.2) is 54.6 Å². The number of hydrogen-bond donors (Lipinski definition) is 0. The summed E-state index contributed by atoms with van der Waals surface area (Å²) < 4.78 is 16.4. The maximum atomic E-state index is 12.5. The summed E-state index contributed by atoms with van der Waals surface area (Å²) in [6, 6.07) is 13.5. The lowest BCUT2D eigenvalue weighted by atomic mass is 9.99. The third-order valence-electron chi connectivity index (χ3n) is 5.62. The van der Waals surface area contributed by atoms with Gasteiger partial charge in [-0.3, -0.25) is 9.59 Å². The Balaban J connectivity index is 1.63. The number of amides is 2. The molecule has 1 saturated heterocycles. The summed E-state index contributed by atoms with van der Waals surface area (Å²) in [4.78, 5) is 28.6. The number of benzene rings is 2. The van der Waals surface area contributed by atoms with E-state index in [1.165, 1.54) is 0 Å². The van der Waals surface area contributed by atoms with E-state index >= 15 is 0 Å². The van der Waals surface area contributed by atoms with Gasteiger partial charge in [0.1, 0.15) is 0 Å². The van der Waals surface area contributed by atoms with Crippen LogP contribution in [0.4, 0.5) is 0 Å². The Bertz CT molecular complexity index is 1020. The Labute approximate surface area is 181 Å². The molecule has 0 unspecified atom stereocenters. The van der Waals surface area contributed by atoms with Crippen molar-refractivity contribution in [1.29, 1.82) is 0 Å². The van der Waals surface area contributed by atoms with E-state index in [-0.39, 0.29) is 24.6 Å². The van der Waals surface area contributed by atoms with Gasteiger partial charge < -0.3 is 24.0 Å². The topological polar surface area (TPSA) is 68.3 Å². The van der Waals surface area contributed by atoms with Gasteiger partial charge >= 0.3 is 0 Å². The third kappa shape index (κ3) is 4.35. The molecule has 7 heteroatoms. The van der Waals surface area contributed by atoms with Crippen LogP contribution in [0.3, 0.4) is 0 Å². The first kappa shape index (κ1) is 20.8. The third-order valence-corrected chi connectivity index (χ3v) is 5.62. The average molecular weight is 422 g/mol. The molecule has 2 aliphatic heterocycles. The van der Waals surface area contributed by atoms with E-state index in [2.05, 4.69) is 0 Å². The lowest BCUT2D eigenvalue weighted by Gasteiger charge is -2.42. The van der Waals surface area contributed by atoms with Crippen LogP contribution >= 0.6 is 0 Å². The van der Waals surface area contributed by atoms with E-state index in [1.807, 2.05) is 53.4 Å². The molecule has 2 aromatic rings. The van der Waals surface area contributed by atoms with Crippen LogP contribution in [0.1, 0.15) is 25.0 Å². The molecule has 0 radical (unpaired) electrons. The van der Waals surface area contributed by atoms with Gasteiger partial charge in [-0.2, -0.15) is 0 Å². The fourth-order valence-corrected chi connectivity index (χ4v) is 4.13. The molecule has 162 valence electrons. The number of piperazine rings is 1. The van der Waals surface area contributed by atoms with Crippen molar-refractivity contribution in [2.75, 3.05) is 27.0 Å². The lowest BCUT2D eigenvalue weighted by molar-refractivity contribution is -0.137. The van der Waals surface area contributed by atoms with Crippen molar-refractivity contribution in [3.8, 4) is 17.2 Å². The summed E-state index contributed by atoms with van der Waals surface area (Å²) >= 11 is 0. The summed E-state index contributed by atoms with van der Waals surface area (Å²) in [5.41, 5.74) is 2.76. The zero-order chi connectivity index (χ0) is 22.0. The van der Waals surface area contributed by atoms with Gasteiger partial charge in [-0.25, -0.2) is 0 Å². The van der Waals surface area contributed by atoms with Crippen LogP contribution in [0.25, 0.3) is 6.08 Å². The molecule has 0 aromatic heterocycles. The maximum absolute atomic E-state index is 12.5. The molecule has 1 fully saturated rings. The first-order valence-corrected chi connectivity index (χ1v) is 10.2. The molecule has 31 heavy (non-hydrogen) atoms. The Morgan fingerprint density at radius 3 is 2.58 bits per heavy atom. The van der Waals surface area contributed by atoms with Crippen molar-refractivity contribution >= 4 is 17.9 Å². The number of carbonyl (C=O) groups excluding carboxylic acids is 2. The minimum Gasteiger partial charge on any atom is -0.493 e. The molecule has 0 N–H and O–H groups in total. The number of fused-ring (bicyclic) bond motifs is 1. The molecule has 1 atom stereocenters. The summed E-state index contributed by atoms with van der Waals surface area (Å²) in [6.07, 6.45) is 2.53. The van der Waals surface area contributed by atoms with Gasteiger partial charge in [-0.05, 0) is 35.8 Å². The maximum Gasteiger partial charge on any atom is 0.231 e. The normalized spacial score (nSPS) is 18.9. The monoisotopic (exact) mass is 422 g/mol. The molecule has 0 aliphatic carbocycles. The predicted octanol–water partition coefficient (Wildman–Crippen LogP) is 3.09. The van der Waals surface area contributed by atoms with E-state index < -0.39 is 0 Å². The molecule has 0 saturated carbocycles. The Morgan fingerprint density at radius 1 is 1.13 bits per heavy atom. The van der Waals surface area contributed by atoms with Crippen LogP contribution in [0.2, 0.25) is 0 Å². The molecule has 2 aliphatic rings. The first-order chi connectivity index (χ1) is 15.0. The quantitative estimate of drug-likeness (QED) is 0.758. The van der Waals surface area contributed by atoms with Crippen LogP contribution in [0.5, 0.6) is 17.2 Å². The van der Waals surface area contributed by atoms with Gasteiger partial charge in [-0.1, -0.05) is 30.3 Å². The van der Waals surface area contributed by atoms with Crippen molar-refractivity contribution in [1.82, 2.24) is 9.80 Å². The number of methoxy groups -OCH3 is 1. The summed E-state index contributed by atoms with van der Waals surface area (Å²) in [6.45, 7) is 4.07. The lowest BCUT2D eigenvalue weighted by Crippen LogP contribution is -2.55. The molecular formula is C24H26N2O5. The largest absolute Gasteiger partial charge is 0.493 e. The van der Waals surface area contributed by atoms with E-state index in [0.717, 1.165) is 16.8 Å². The molecule has 0 bridgehead atoms. The van der Waals surface area contributed by atoms with E-state index in [0.29, 0.717) is 36.8 Å². The molecule has 2 aromatic carbocycles. The molecule has 4 rings (SSSR count). The van der Waals surface area contributed by atoms with Gasteiger partial charge in [0.05, 0.1) is 19.7 Å². The minimum absolute atomic E-state index is 0.0279. The van der Waals surface area contributed by atoms with Crippen molar-refractivity contribution in [2.24, 2.45) is 0 Å². The molecular weight excluding hydrogens is 396 g/mol. The van der Waals surface area contributed by atoms with Crippen LogP contribution in [0, 0.1) is 0 Å². The second kappa shape index (κ2) is 8.71. The van der Waals surface area contributed by atoms with Gasteiger partial charge in [0.25, 0.3) is 0 Å². The van der Waals surface area contributed by atoms with Crippen LogP contribution in [-0.2, 0) is 16.0 Å². The fraction of sp³-hybridized carbons (Fsp3) is 0.333. The summed E-state index contributed by atoms with van der Waals surface area (Å²) in [5, 5.41) is 0. The average Bonchev–Trinajstić information content (AvgIpc) is 3.23. The Hall–Kier alpha value is -3.48. The smallest absolute Gasteiger partial charge is 0.231 e. The standard InChI is InChI=1S/C24H26N2O5/c1-16(27)25-14-21(10-19-11-22(29-3)24-23(12-19)30-15-31-24)26(17(2)28)13-20(25)9-18-7-5-4-6-8-18/h4-9,11-12,21H,10,13-15H2,1-3H3/b20-9+/t21-/m0/s1. The van der Waals surface area contributed by atoms with E-state index in [4.69, 9.17) is 14.2 Å². The van der Waals surface area contributed by atoms with Crippen molar-refractivity contribution in [3.63, 3.8) is 0 Å². The first-order valence-electron chi connectivity index (χ1n) is 10.2. The highest BCUT2D eigenvalue weighted by atomic mass is 16.7. The zero-order valence-corrected chi connectivity index (χ0v) is 18.0. The van der Waals surface area contributed by atoms with Crippen molar-refractivity contribution in [2.45, 2.75) is 26.3 Å². The van der Waals surface area contributed by atoms with Gasteiger partial charge in [0, 0.05) is 26.1 Å². The molecule has 0 spiro atoms. The van der Waals surface area contributed by atoms with Gasteiger partial charge in [0.15, 0.2) is 11.5 Å². The molecule has 2 amide bonds. The summed E-state index contributed by atoms with van der Waals surface area (Å²) in [7, 11) is 1.59. The molecule has 2 heterocycles. The zero-order valence-electron chi connectivity index (χ0n) is 18.0. The van der Waals surface area contributed by atoms with Crippen molar-refractivity contribution < 1.29 is 23.8 Å². The number of nitrogens with zero attached hydrogens (tertiary/aromatic N) is 2. The van der Waals surface area contributed by atoms with Crippen LogP contribution < -0.4 is 14.2 Å². The number of ether oxygens (including phenoxy) is 3. The Morgan fingerprint density at radius 2 is 1.90 bits per heavy atom. The number of carbonyl (C=O) groups is 2. The minimum atomic E-state index is -0.167. The fourth-order valence-electron chi connectivity index (χ4n) is 4.13. The highest BCUT2D eigenvalue weighted by Gasteiger charge is 2.34. The van der Waals surface area contributed by atoms with E-state index in [1.54, 1.807) is 25.9 Å². The van der Waals surface area contributed by atoms with Crippen LogP contribution in [0.15, 0.2) is 48.2 Å². The van der Waals surface area contributed by atoms with Crippen molar-refractivity contribution in [3.05, 3.63) is 59.3 Å². The number of hydrogen-bond acceptors (Lipinski definition) is 5. The highest BCUT2D eigenvalue weighted by molar-refractivity contribution is 5.80. The van der Waals surface area contributed by atoms with Gasteiger partial charge in [0.2, 0.25) is 24.4 Å². The second-order valence-electron chi connectivity index (χ2n) is 7.71. The second-order valence-corrected chi connectivity index (χ2v) is 7.71. The molecule has 7 nitrogen and oxygen atoms in total. The SMILES string of the molecule is COc1cc(C[C@H]2CN(C(C)=O)/C(=C/c3ccccc3)CN2C(C)=O)cc2c1OCO2.